The van der Waals surface area contributed by atoms with Crippen LogP contribution in [-0.4, -0.2) is 50.8 Å². The summed E-state index contributed by atoms with van der Waals surface area (Å²) in [6.45, 7) is 3.29. The zero-order chi connectivity index (χ0) is 15.3. The van der Waals surface area contributed by atoms with Crippen LogP contribution in [0.5, 0.6) is 0 Å². The number of aliphatic imine (C=N–C) groups is 1. The fourth-order valence-corrected chi connectivity index (χ4v) is 3.38. The zero-order valence-electron chi connectivity index (χ0n) is 13.0. The average Bonchev–Trinajstić information content (AvgIpc) is 3.17. The summed E-state index contributed by atoms with van der Waals surface area (Å²) in [5, 5.41) is 5.21. The molecule has 3 rings (SSSR count). The van der Waals surface area contributed by atoms with Gasteiger partial charge in [0.15, 0.2) is 11.7 Å². The van der Waals surface area contributed by atoms with Gasteiger partial charge < -0.3 is 25.3 Å². The maximum absolute atomic E-state index is 6.01. The molecule has 3 N–H and O–H groups in total. The molecular formula is C15H24IN3O3S. The first-order chi connectivity index (χ1) is 10.8. The number of ether oxygens (including phenoxy) is 3. The van der Waals surface area contributed by atoms with E-state index in [0.29, 0.717) is 32.3 Å². The fourth-order valence-electron chi connectivity index (χ4n) is 2.68. The predicted molar refractivity (Wildman–Crippen MR) is 102 cm³/mol. The number of hydrogen-bond acceptors (Lipinski definition) is 5. The van der Waals surface area contributed by atoms with Crippen molar-refractivity contribution in [2.75, 3.05) is 32.9 Å². The molecule has 2 aliphatic heterocycles. The van der Waals surface area contributed by atoms with Crippen LogP contribution in [0, 0.1) is 0 Å². The van der Waals surface area contributed by atoms with Gasteiger partial charge in [-0.05, 0) is 17.9 Å². The minimum absolute atomic E-state index is 0. The Labute approximate surface area is 157 Å². The molecule has 2 fully saturated rings. The molecule has 1 atom stereocenters. The van der Waals surface area contributed by atoms with Crippen LogP contribution in [0.1, 0.15) is 17.7 Å². The van der Waals surface area contributed by atoms with Crippen molar-refractivity contribution in [3.05, 3.63) is 22.4 Å². The number of nitrogens with one attached hydrogen (secondary N) is 1. The van der Waals surface area contributed by atoms with Crippen molar-refractivity contribution in [2.24, 2.45) is 10.7 Å². The van der Waals surface area contributed by atoms with Crippen molar-refractivity contribution >= 4 is 41.3 Å². The lowest BCUT2D eigenvalue weighted by Gasteiger charge is -2.31. The Bertz CT molecular complexity index is 492. The van der Waals surface area contributed by atoms with Crippen LogP contribution in [0.4, 0.5) is 0 Å². The Morgan fingerprint density at radius 2 is 2.26 bits per heavy atom. The summed E-state index contributed by atoms with van der Waals surface area (Å²) in [5.41, 5.74) is 5.89. The van der Waals surface area contributed by atoms with Gasteiger partial charge in [-0.1, -0.05) is 6.07 Å². The molecule has 0 aliphatic carbocycles. The Morgan fingerprint density at radius 3 is 3.00 bits per heavy atom. The summed E-state index contributed by atoms with van der Waals surface area (Å²) in [7, 11) is 0. The van der Waals surface area contributed by atoms with Crippen LogP contribution in [0.15, 0.2) is 22.5 Å². The summed E-state index contributed by atoms with van der Waals surface area (Å²) >= 11 is 1.75. The summed E-state index contributed by atoms with van der Waals surface area (Å²) in [6, 6.07) is 4.18. The molecule has 0 aromatic carbocycles. The third-order valence-electron chi connectivity index (χ3n) is 3.89. The standard InChI is InChI=1S/C15H23N3O3S.HI/c16-14(17-6-3-13-2-1-9-22-13)18-10-12-11-20-15(21-12)4-7-19-8-5-15;/h1-2,9,12H,3-8,10-11H2,(H3,16,17,18);1H. The maximum atomic E-state index is 6.01. The molecule has 2 saturated heterocycles. The van der Waals surface area contributed by atoms with Gasteiger partial charge in [0, 0.05) is 24.3 Å². The van der Waals surface area contributed by atoms with Gasteiger partial charge in [0.1, 0.15) is 6.10 Å². The van der Waals surface area contributed by atoms with E-state index in [1.807, 2.05) is 0 Å². The molecule has 23 heavy (non-hydrogen) atoms. The summed E-state index contributed by atoms with van der Waals surface area (Å²) in [4.78, 5) is 5.70. The van der Waals surface area contributed by atoms with E-state index in [-0.39, 0.29) is 30.1 Å². The number of halogens is 1. The van der Waals surface area contributed by atoms with Crippen molar-refractivity contribution < 1.29 is 14.2 Å². The summed E-state index contributed by atoms with van der Waals surface area (Å²) in [6.07, 6.45) is 2.53. The number of hydrogen-bond donors (Lipinski definition) is 2. The van der Waals surface area contributed by atoms with Crippen LogP contribution < -0.4 is 11.1 Å². The van der Waals surface area contributed by atoms with E-state index in [0.717, 1.165) is 25.8 Å². The molecule has 1 aromatic rings. The number of thiophene rings is 1. The Morgan fingerprint density at radius 1 is 1.43 bits per heavy atom. The van der Waals surface area contributed by atoms with Gasteiger partial charge in [-0.15, -0.1) is 35.3 Å². The minimum Gasteiger partial charge on any atom is -0.381 e. The number of nitrogens with two attached hydrogens (primary N) is 1. The molecule has 130 valence electrons. The van der Waals surface area contributed by atoms with Gasteiger partial charge in [-0.25, -0.2) is 0 Å². The number of guanidine groups is 1. The molecule has 0 saturated carbocycles. The molecule has 8 heteroatoms. The molecular weight excluding hydrogens is 429 g/mol. The second kappa shape index (κ2) is 9.16. The highest BCUT2D eigenvalue weighted by Crippen LogP contribution is 2.33. The largest absolute Gasteiger partial charge is 0.381 e. The Balaban J connectivity index is 0.00000192. The first-order valence-electron chi connectivity index (χ1n) is 7.71. The Kier molecular flexibility index (Phi) is 7.54. The lowest BCUT2D eigenvalue weighted by Crippen LogP contribution is -2.38. The predicted octanol–water partition coefficient (Wildman–Crippen LogP) is 1.73. The molecule has 3 heterocycles. The highest BCUT2D eigenvalue weighted by Gasteiger charge is 2.42. The SMILES string of the molecule is I.NC(=NCC1COC2(CCOCC2)O1)NCCc1cccs1. The van der Waals surface area contributed by atoms with Gasteiger partial charge in [0.2, 0.25) is 0 Å². The van der Waals surface area contributed by atoms with Crippen molar-refractivity contribution in [1.82, 2.24) is 5.32 Å². The quantitative estimate of drug-likeness (QED) is 0.404. The number of nitrogens with zero attached hydrogens (tertiary/aromatic N) is 1. The average molecular weight is 453 g/mol. The minimum atomic E-state index is -0.445. The van der Waals surface area contributed by atoms with E-state index in [4.69, 9.17) is 19.9 Å². The molecule has 1 spiro atoms. The number of rotatable bonds is 5. The molecule has 0 radical (unpaired) electrons. The van der Waals surface area contributed by atoms with E-state index in [2.05, 4.69) is 27.8 Å². The van der Waals surface area contributed by atoms with E-state index >= 15 is 0 Å². The molecule has 2 aliphatic rings. The monoisotopic (exact) mass is 453 g/mol. The zero-order valence-corrected chi connectivity index (χ0v) is 16.2. The van der Waals surface area contributed by atoms with Crippen LogP contribution >= 0.6 is 35.3 Å². The molecule has 0 bridgehead atoms. The lowest BCUT2D eigenvalue weighted by atomic mass is 10.1. The van der Waals surface area contributed by atoms with Gasteiger partial charge >= 0.3 is 0 Å². The second-order valence-electron chi connectivity index (χ2n) is 5.56. The highest BCUT2D eigenvalue weighted by molar-refractivity contribution is 14.0. The first kappa shape index (κ1) is 18.9. The van der Waals surface area contributed by atoms with E-state index in [9.17, 15) is 0 Å². The Hall–Kier alpha value is -0.420. The van der Waals surface area contributed by atoms with Crippen LogP contribution in [0.3, 0.4) is 0 Å². The van der Waals surface area contributed by atoms with E-state index < -0.39 is 5.79 Å². The second-order valence-corrected chi connectivity index (χ2v) is 6.59. The van der Waals surface area contributed by atoms with Gasteiger partial charge in [-0.3, -0.25) is 4.99 Å². The van der Waals surface area contributed by atoms with Crippen LogP contribution in [0.2, 0.25) is 0 Å². The van der Waals surface area contributed by atoms with Crippen molar-refractivity contribution in [2.45, 2.75) is 31.2 Å². The fraction of sp³-hybridized carbons (Fsp3) is 0.667. The lowest BCUT2D eigenvalue weighted by molar-refractivity contribution is -0.210. The topological polar surface area (TPSA) is 78.1 Å². The molecule has 1 unspecified atom stereocenters. The smallest absolute Gasteiger partial charge is 0.188 e. The van der Waals surface area contributed by atoms with Gasteiger partial charge in [0.25, 0.3) is 0 Å². The maximum Gasteiger partial charge on any atom is 0.188 e. The van der Waals surface area contributed by atoms with Crippen molar-refractivity contribution in [3.8, 4) is 0 Å². The van der Waals surface area contributed by atoms with Crippen LogP contribution in [0.25, 0.3) is 0 Å². The van der Waals surface area contributed by atoms with E-state index in [1.54, 1.807) is 11.3 Å². The van der Waals surface area contributed by atoms with Gasteiger partial charge in [-0.2, -0.15) is 0 Å². The third-order valence-corrected chi connectivity index (χ3v) is 4.83. The van der Waals surface area contributed by atoms with E-state index in [1.165, 1.54) is 4.88 Å². The molecule has 1 aromatic heterocycles. The molecule has 6 nitrogen and oxygen atoms in total. The summed E-state index contributed by atoms with van der Waals surface area (Å²) in [5.74, 6) is 0.0212. The summed E-state index contributed by atoms with van der Waals surface area (Å²) < 4.78 is 17.2. The highest BCUT2D eigenvalue weighted by atomic mass is 127. The van der Waals surface area contributed by atoms with Crippen LogP contribution in [-0.2, 0) is 20.6 Å². The van der Waals surface area contributed by atoms with Crippen molar-refractivity contribution in [1.29, 1.82) is 0 Å². The normalized spacial score (nSPS) is 23.7. The van der Waals surface area contributed by atoms with Crippen molar-refractivity contribution in [3.63, 3.8) is 0 Å². The first-order valence-corrected chi connectivity index (χ1v) is 8.59. The third kappa shape index (κ3) is 5.56. The van der Waals surface area contributed by atoms with Gasteiger partial charge in [0.05, 0.1) is 26.4 Å². The molecule has 0 amide bonds.